The van der Waals surface area contributed by atoms with Crippen LogP contribution in [0.5, 0.6) is 0 Å². The average Bonchev–Trinajstić information content (AvgIpc) is 1.60. The molecule has 0 saturated heterocycles. The average molecular weight is 1820 g/mol. The quantitative estimate of drug-likeness (QED) is 0.0156. The lowest BCUT2D eigenvalue weighted by Crippen LogP contribution is -2.13. The number of carbonyl (C=O) groups is 6. The van der Waals surface area contributed by atoms with Crippen molar-refractivity contribution in [2.24, 2.45) is 0 Å². The molecule has 0 aromatic carbocycles. The fourth-order valence-corrected chi connectivity index (χ4v) is 14.9. The van der Waals surface area contributed by atoms with Crippen LogP contribution in [0.15, 0.2) is 85.2 Å². The molecule has 0 spiro atoms. The van der Waals surface area contributed by atoms with Crippen LogP contribution in [0.25, 0.3) is 126 Å². The van der Waals surface area contributed by atoms with Gasteiger partial charge in [0.25, 0.3) is 0 Å². The molecule has 0 aliphatic carbocycles. The van der Waals surface area contributed by atoms with Gasteiger partial charge in [0, 0.05) is 193 Å². The second kappa shape index (κ2) is 53.4. The first kappa shape index (κ1) is 98.9. The Morgan fingerprint density at radius 1 is 0.227 bits per heavy atom. The van der Waals surface area contributed by atoms with Gasteiger partial charge in [0.15, 0.2) is 0 Å². The molecule has 34 heteroatoms. The van der Waals surface area contributed by atoms with Crippen LogP contribution in [-0.4, -0.2) is 287 Å². The molecule has 0 unspecified atom stereocenters. The maximum absolute atomic E-state index is 13.7. The molecule has 12 rings (SSSR count). The second-order valence-corrected chi connectivity index (χ2v) is 30.4. The molecule has 132 heavy (non-hydrogen) atoms. The minimum absolute atomic E-state index is 0.00153. The van der Waals surface area contributed by atoms with Crippen LogP contribution in [0.2, 0.25) is 0 Å². The molecule has 0 atom stereocenters. The van der Waals surface area contributed by atoms with E-state index in [1.54, 1.807) is 55.1 Å². The molecule has 34 nitrogen and oxygen atoms in total. The fraction of sp³-hybridized carbons (Fsp3) is 0.429. The number of aromatic amines is 4. The fourth-order valence-electron chi connectivity index (χ4n) is 14.9. The predicted molar refractivity (Wildman–Crippen MR) is 495 cm³/mol. The molecular weight excluding hydrogens is 1700 g/mol. The summed E-state index contributed by atoms with van der Waals surface area (Å²) >= 11 is 0. The zero-order chi connectivity index (χ0) is 92.4. The summed E-state index contributed by atoms with van der Waals surface area (Å²) in [5.41, 5.74) is 17.7. The SMILES string of the molecule is COCCOCCOC(=O)CCc1c2nc(c(CCC(=O)OCCOCCOC)c3ccc([nH]3)c(-c3ccc(-c4ccc(-c5c6nc(c(CCC(=O)OCCOCCOC)c7ccc([nH]7)c(CCC(=O)OCCOCCOC)c7nc(c(CCC(=O)OCCOCCOC)c8ccc5[nH]8)C=C7)C=C6)cn4)nc3)c3nc(c(CCC(=O)OCCOCCOC)c4ccc1[nH]4)C=C3)C=C2. The first-order valence-electron chi connectivity index (χ1n) is 44.3. The van der Waals surface area contributed by atoms with Crippen LogP contribution >= 0.6 is 0 Å². The van der Waals surface area contributed by atoms with Crippen molar-refractivity contribution in [1.29, 1.82) is 0 Å². The van der Waals surface area contributed by atoms with E-state index in [1.165, 1.54) is 0 Å². The third-order valence-electron chi connectivity index (χ3n) is 21.5. The Morgan fingerprint density at radius 2 is 0.417 bits per heavy atom. The number of ether oxygens (including phenoxy) is 18. The van der Waals surface area contributed by atoms with E-state index >= 15 is 0 Å². The zero-order valence-electron chi connectivity index (χ0n) is 75.6. The highest BCUT2D eigenvalue weighted by atomic mass is 16.6. The Bertz CT molecular complexity index is 5270. The highest BCUT2D eigenvalue weighted by Gasteiger charge is 2.25. The smallest absolute Gasteiger partial charge is 0.306 e. The van der Waals surface area contributed by atoms with E-state index in [4.69, 9.17) is 115 Å². The summed E-state index contributed by atoms with van der Waals surface area (Å²) < 4.78 is 98.0. The van der Waals surface area contributed by atoms with Crippen LogP contribution in [-0.2, 0) is 153 Å². The predicted octanol–water partition coefficient (Wildman–Crippen LogP) is 12.2. The van der Waals surface area contributed by atoms with Gasteiger partial charge in [0.2, 0.25) is 0 Å². The van der Waals surface area contributed by atoms with Crippen molar-refractivity contribution >= 4 is 129 Å². The van der Waals surface area contributed by atoms with E-state index in [-0.39, 0.29) is 156 Å². The molecule has 4 aliphatic rings. The monoisotopic (exact) mass is 1820 g/mol. The molecule has 0 amide bonds. The van der Waals surface area contributed by atoms with Gasteiger partial charge in [0.05, 0.1) is 176 Å². The number of hydrogen-bond donors (Lipinski definition) is 4. The second-order valence-electron chi connectivity index (χ2n) is 30.4. The van der Waals surface area contributed by atoms with Crippen LogP contribution < -0.4 is 0 Å². The number of H-pyrrole nitrogens is 4. The molecule has 12 heterocycles. The number of pyridine rings is 2. The molecule has 4 aliphatic heterocycles. The number of methoxy groups -OCH3 is 6. The highest BCUT2D eigenvalue weighted by molar-refractivity contribution is 5.95. The maximum Gasteiger partial charge on any atom is 0.306 e. The number of rotatable bonds is 57. The van der Waals surface area contributed by atoms with Gasteiger partial charge in [-0.05, 0) is 148 Å². The largest absolute Gasteiger partial charge is 0.463 e. The lowest BCUT2D eigenvalue weighted by Gasteiger charge is -2.09. The Kier molecular flexibility index (Phi) is 40.0. The van der Waals surface area contributed by atoms with Gasteiger partial charge < -0.3 is 105 Å². The summed E-state index contributed by atoms with van der Waals surface area (Å²) in [5.74, 6) is -2.63. The summed E-state index contributed by atoms with van der Waals surface area (Å²) in [6.07, 6.45) is 20.0. The van der Waals surface area contributed by atoms with Crippen LogP contribution in [0.3, 0.4) is 0 Å². The standard InChI is InChI=1S/C98H116N10O24/c1-115-39-45-121-51-57-127-91(109)33-9-67-73-17-21-77(101-73)69(11-35-93(111)129-59-53-123-47-41-117-3)81-25-29-87(105-81)97(88-30-26-82(106-88)70(78-22-18-74(67)102-78)12-36-94(112)130-60-54-124-48-42-118-4)65-7-15-85(99-63-65)86-16-8-66(64-100-86)98-89-31-27-83(107-89)71(13-37-95(113)131-61-55-125-49-43-119-5)79-23-19-75(103-79)68(10-34-92(110)128-58-52-122-46-40-116-2)76-20-24-80(104-76)72(84-28-32-90(98)108-84)14-38-96(114)132-62-56-126-50-44-120-6/h7-8,15-32,63-64,101,103,106,108H,9-14,33-62H2,1-6H3. The Balaban J connectivity index is 0.950. The van der Waals surface area contributed by atoms with Crippen LogP contribution in [0.4, 0.5) is 0 Å². The molecule has 702 valence electrons. The Morgan fingerprint density at radius 3 is 0.621 bits per heavy atom. The van der Waals surface area contributed by atoms with Crippen LogP contribution in [0, 0.1) is 0 Å². The molecule has 4 N–H and O–H groups in total. The van der Waals surface area contributed by atoms with E-state index in [0.29, 0.717) is 236 Å². The first-order valence-corrected chi connectivity index (χ1v) is 44.3. The summed E-state index contributed by atoms with van der Waals surface area (Å²) in [6, 6.07) is 23.1. The summed E-state index contributed by atoms with van der Waals surface area (Å²) in [4.78, 5) is 128. The number of nitrogens with one attached hydrogen (secondary N) is 4. The molecule has 16 bridgehead atoms. The third kappa shape index (κ3) is 29.4. The maximum atomic E-state index is 13.7. The van der Waals surface area contributed by atoms with Crippen molar-refractivity contribution in [3.63, 3.8) is 0 Å². The van der Waals surface area contributed by atoms with Gasteiger partial charge in [-0.3, -0.25) is 38.7 Å². The van der Waals surface area contributed by atoms with Crippen LogP contribution in [0.1, 0.15) is 117 Å². The van der Waals surface area contributed by atoms with Gasteiger partial charge in [-0.2, -0.15) is 0 Å². The minimum Gasteiger partial charge on any atom is -0.463 e. The summed E-state index contributed by atoms with van der Waals surface area (Å²) in [5, 5.41) is 0. The molecular formula is C98H116N10O24. The van der Waals surface area contributed by atoms with E-state index in [1.807, 2.05) is 121 Å². The van der Waals surface area contributed by atoms with E-state index in [0.717, 1.165) is 0 Å². The molecule has 8 aromatic heterocycles. The normalized spacial score (nSPS) is 12.0. The van der Waals surface area contributed by atoms with Gasteiger partial charge in [-0.1, -0.05) is 12.1 Å². The number of nitrogens with zero attached hydrogens (tertiary/aromatic N) is 6. The van der Waals surface area contributed by atoms with Crippen molar-refractivity contribution in [3.8, 4) is 33.6 Å². The van der Waals surface area contributed by atoms with E-state index < -0.39 is 35.8 Å². The number of carbonyl (C=O) groups excluding carboxylic acids is 6. The minimum atomic E-state index is -0.439. The first-order chi connectivity index (χ1) is 64.7. The molecule has 0 radical (unpaired) electrons. The lowest BCUT2D eigenvalue weighted by molar-refractivity contribution is -0.146. The van der Waals surface area contributed by atoms with Gasteiger partial charge >= 0.3 is 35.8 Å². The van der Waals surface area contributed by atoms with Gasteiger partial charge in [0.1, 0.15) is 39.6 Å². The molecule has 0 fully saturated rings. The molecule has 0 saturated carbocycles. The Labute approximate surface area is 764 Å². The van der Waals surface area contributed by atoms with Crippen molar-refractivity contribution < 1.29 is 114 Å². The van der Waals surface area contributed by atoms with Crippen molar-refractivity contribution in [1.82, 2.24) is 49.8 Å². The zero-order valence-corrected chi connectivity index (χ0v) is 75.6. The van der Waals surface area contributed by atoms with Gasteiger partial charge in [-0.25, -0.2) is 19.9 Å². The topological polar surface area (TPSA) is 409 Å². The molecule has 8 aromatic rings. The van der Waals surface area contributed by atoms with Gasteiger partial charge in [-0.15, -0.1) is 0 Å². The third-order valence-corrected chi connectivity index (χ3v) is 21.5. The number of fused-ring (bicyclic) bond motifs is 16. The Hall–Kier alpha value is -12.2. The highest BCUT2D eigenvalue weighted by Crippen LogP contribution is 2.37. The number of hydrogen-bond acceptors (Lipinski definition) is 30. The summed E-state index contributed by atoms with van der Waals surface area (Å²) in [7, 11) is 9.49. The summed E-state index contributed by atoms with van der Waals surface area (Å²) in [6.45, 7) is 5.96. The van der Waals surface area contributed by atoms with Crippen molar-refractivity contribution in [3.05, 3.63) is 164 Å². The number of aromatic nitrogens is 10. The van der Waals surface area contributed by atoms with Crippen molar-refractivity contribution in [2.75, 3.05) is 201 Å². The van der Waals surface area contributed by atoms with E-state index in [2.05, 4.69) is 19.9 Å². The van der Waals surface area contributed by atoms with E-state index in [9.17, 15) is 28.8 Å². The number of esters is 6. The lowest BCUT2D eigenvalue weighted by atomic mass is 10.0. The van der Waals surface area contributed by atoms with Crippen molar-refractivity contribution in [2.45, 2.75) is 77.0 Å². The number of aryl methyl sites for hydroxylation is 6.